The molecule has 0 unspecified atom stereocenters. The molecule has 0 aromatic heterocycles. The van der Waals surface area contributed by atoms with E-state index in [0.717, 1.165) is 13.1 Å². The summed E-state index contributed by atoms with van der Waals surface area (Å²) in [7, 11) is 0. The largest absolute Gasteiger partial charge is 0.315 e. The standard InChI is InChI=1S/C3H5N/c1-2-4-3-1/h4H,2-3H2. The van der Waals surface area contributed by atoms with Gasteiger partial charge in [0, 0.05) is 19.5 Å². The fourth-order valence-electron chi connectivity index (χ4n) is 0.125. The maximum Gasteiger partial charge on any atom is 0.0127 e. The van der Waals surface area contributed by atoms with Crippen molar-refractivity contribution in [3.8, 4) is 0 Å². The second-order valence-corrected chi connectivity index (χ2v) is 0.854. The molecule has 1 aliphatic heterocycles. The molecule has 0 saturated carbocycles. The van der Waals surface area contributed by atoms with E-state index < -0.39 is 0 Å². The molecule has 1 aliphatic rings. The van der Waals surface area contributed by atoms with Gasteiger partial charge >= 0.3 is 0 Å². The molecule has 0 bridgehead atoms. The quantitative estimate of drug-likeness (QED) is 0.400. The van der Waals surface area contributed by atoms with Crippen molar-refractivity contribution in [1.29, 1.82) is 0 Å². The second kappa shape index (κ2) is 0.725. The lowest BCUT2D eigenvalue weighted by molar-refractivity contribution is 0.659. The molecule has 1 fully saturated rings. The van der Waals surface area contributed by atoms with E-state index in [9.17, 15) is 0 Å². The van der Waals surface area contributed by atoms with E-state index in [2.05, 4.69) is 11.7 Å². The summed E-state index contributed by atoms with van der Waals surface area (Å²) in [5.41, 5.74) is 0. The SMILES string of the molecule is [C]1CNC1. The van der Waals surface area contributed by atoms with Crippen molar-refractivity contribution in [3.63, 3.8) is 0 Å². The summed E-state index contributed by atoms with van der Waals surface area (Å²) in [4.78, 5) is 0. The van der Waals surface area contributed by atoms with Crippen molar-refractivity contribution >= 4 is 0 Å². The van der Waals surface area contributed by atoms with Gasteiger partial charge in [0.15, 0.2) is 0 Å². The van der Waals surface area contributed by atoms with Crippen LogP contribution in [0.1, 0.15) is 0 Å². The molecule has 0 amide bonds. The van der Waals surface area contributed by atoms with E-state index in [1.54, 1.807) is 0 Å². The van der Waals surface area contributed by atoms with Crippen molar-refractivity contribution in [2.75, 3.05) is 13.1 Å². The van der Waals surface area contributed by atoms with Crippen LogP contribution in [0.3, 0.4) is 0 Å². The van der Waals surface area contributed by atoms with Gasteiger partial charge in [0.25, 0.3) is 0 Å². The minimum Gasteiger partial charge on any atom is -0.315 e. The first kappa shape index (κ1) is 2.21. The van der Waals surface area contributed by atoms with Gasteiger partial charge in [-0.15, -0.1) is 0 Å². The van der Waals surface area contributed by atoms with Crippen LogP contribution in [0.2, 0.25) is 0 Å². The maximum atomic E-state index is 3.00. The molecule has 4 heavy (non-hydrogen) atoms. The van der Waals surface area contributed by atoms with Crippen molar-refractivity contribution < 1.29 is 0 Å². The average Bonchev–Trinajstić information content (AvgIpc) is 0.722. The van der Waals surface area contributed by atoms with Crippen molar-refractivity contribution in [1.82, 2.24) is 5.32 Å². The molecule has 1 nitrogen and oxygen atoms in total. The molecule has 1 N–H and O–H groups in total. The Morgan fingerprint density at radius 1 is 1.50 bits per heavy atom. The van der Waals surface area contributed by atoms with Crippen LogP contribution < -0.4 is 5.32 Å². The Labute approximate surface area is 26.0 Å². The highest BCUT2D eigenvalue weighted by atomic mass is 14.9. The minimum atomic E-state index is 1.00. The molecule has 1 rings (SSSR count). The van der Waals surface area contributed by atoms with Crippen LogP contribution in [0.25, 0.3) is 0 Å². The van der Waals surface area contributed by atoms with E-state index >= 15 is 0 Å². The van der Waals surface area contributed by atoms with Gasteiger partial charge in [0.1, 0.15) is 0 Å². The lowest BCUT2D eigenvalue weighted by Gasteiger charge is -2.08. The minimum absolute atomic E-state index is 1.00. The third kappa shape index (κ3) is 0.115. The molecule has 22 valence electrons. The van der Waals surface area contributed by atoms with Gasteiger partial charge in [-0.1, -0.05) is 0 Å². The summed E-state index contributed by atoms with van der Waals surface area (Å²) in [6.07, 6.45) is 3.00. The lowest BCUT2D eigenvalue weighted by atomic mass is 10.3. The van der Waals surface area contributed by atoms with E-state index in [4.69, 9.17) is 0 Å². The Bertz CT molecular complexity index is 11.2. The molecule has 0 aliphatic carbocycles. The number of hydrogen-bond donors (Lipinski definition) is 1. The van der Waals surface area contributed by atoms with Crippen molar-refractivity contribution in [3.05, 3.63) is 6.42 Å². The number of nitrogens with one attached hydrogen (secondary N) is 1. The summed E-state index contributed by atoms with van der Waals surface area (Å²) in [6.45, 7) is 2.00. The third-order valence-electron chi connectivity index (χ3n) is 0.500. The highest BCUT2D eigenvalue weighted by Crippen LogP contribution is 1.78. The first-order valence-electron chi connectivity index (χ1n) is 1.41. The third-order valence-corrected chi connectivity index (χ3v) is 0.500. The molecule has 2 radical (unpaired) electrons. The van der Waals surface area contributed by atoms with Gasteiger partial charge in [-0.05, 0) is 0 Å². The number of hydrogen-bond acceptors (Lipinski definition) is 1. The predicted octanol–water partition coefficient (Wildman–Crippen LogP) is -0.329. The van der Waals surface area contributed by atoms with Gasteiger partial charge in [-0.2, -0.15) is 0 Å². The Morgan fingerprint density at radius 2 is 1.75 bits per heavy atom. The van der Waals surface area contributed by atoms with Crippen LogP contribution in [0.5, 0.6) is 0 Å². The molecule has 1 saturated heterocycles. The monoisotopic (exact) mass is 55.0 g/mol. The second-order valence-electron chi connectivity index (χ2n) is 0.854. The maximum absolute atomic E-state index is 3.00. The van der Waals surface area contributed by atoms with E-state index in [1.807, 2.05) is 0 Å². The van der Waals surface area contributed by atoms with Crippen LogP contribution in [0, 0.1) is 6.42 Å². The molecule has 1 heterocycles. The van der Waals surface area contributed by atoms with Crippen LogP contribution >= 0.6 is 0 Å². The fourth-order valence-corrected chi connectivity index (χ4v) is 0.125. The van der Waals surface area contributed by atoms with E-state index in [0.29, 0.717) is 0 Å². The Kier molecular flexibility index (Phi) is 0.401. The van der Waals surface area contributed by atoms with Crippen LogP contribution in [-0.4, -0.2) is 13.1 Å². The Balaban J connectivity index is 2.00. The van der Waals surface area contributed by atoms with E-state index in [1.165, 1.54) is 0 Å². The summed E-state index contributed by atoms with van der Waals surface area (Å²) in [5.74, 6) is 0. The summed E-state index contributed by atoms with van der Waals surface area (Å²) in [5, 5.41) is 3.00. The topological polar surface area (TPSA) is 12.0 Å². The van der Waals surface area contributed by atoms with Crippen LogP contribution in [0.4, 0.5) is 0 Å². The Morgan fingerprint density at radius 3 is 1.75 bits per heavy atom. The highest BCUT2D eigenvalue weighted by molar-refractivity contribution is 4.80. The average molecular weight is 55.1 g/mol. The lowest BCUT2D eigenvalue weighted by Crippen LogP contribution is -2.30. The molecule has 0 spiro atoms. The molecule has 0 atom stereocenters. The molecule has 0 aromatic carbocycles. The normalized spacial score (nSPS) is 24.0. The van der Waals surface area contributed by atoms with Gasteiger partial charge in [0.2, 0.25) is 0 Å². The summed E-state index contributed by atoms with van der Waals surface area (Å²) in [6, 6.07) is 0. The van der Waals surface area contributed by atoms with Crippen LogP contribution in [0.15, 0.2) is 0 Å². The molecular formula is C3H5N. The zero-order chi connectivity index (χ0) is 2.83. The van der Waals surface area contributed by atoms with Crippen LogP contribution in [-0.2, 0) is 0 Å². The Hall–Kier alpha value is -0.0400. The smallest absolute Gasteiger partial charge is 0.0127 e. The zero-order valence-electron chi connectivity index (χ0n) is 2.41. The van der Waals surface area contributed by atoms with Gasteiger partial charge in [0.05, 0.1) is 0 Å². The fraction of sp³-hybridized carbons (Fsp3) is 0.667. The van der Waals surface area contributed by atoms with E-state index in [-0.39, 0.29) is 0 Å². The van der Waals surface area contributed by atoms with Gasteiger partial charge in [-0.3, -0.25) is 0 Å². The molecule has 0 aromatic rings. The molecular weight excluding hydrogens is 50.0 g/mol. The zero-order valence-corrected chi connectivity index (χ0v) is 2.41. The first-order chi connectivity index (χ1) is 2.00. The molecule has 1 heteroatoms. The van der Waals surface area contributed by atoms with Crippen molar-refractivity contribution in [2.45, 2.75) is 0 Å². The summed E-state index contributed by atoms with van der Waals surface area (Å²) < 4.78 is 0. The predicted molar refractivity (Wildman–Crippen MR) is 16.1 cm³/mol. The number of rotatable bonds is 0. The van der Waals surface area contributed by atoms with Crippen molar-refractivity contribution in [2.24, 2.45) is 0 Å². The summed E-state index contributed by atoms with van der Waals surface area (Å²) >= 11 is 0. The van der Waals surface area contributed by atoms with Gasteiger partial charge < -0.3 is 5.32 Å². The van der Waals surface area contributed by atoms with Gasteiger partial charge in [-0.25, -0.2) is 0 Å². The highest BCUT2D eigenvalue weighted by Gasteiger charge is 1.93. The first-order valence-corrected chi connectivity index (χ1v) is 1.41.